The van der Waals surface area contributed by atoms with Crippen molar-refractivity contribution in [2.24, 2.45) is 5.92 Å². The zero-order chi connectivity index (χ0) is 13.3. The van der Waals surface area contributed by atoms with Gasteiger partial charge >= 0.3 is 5.97 Å². The molecule has 1 unspecified atom stereocenters. The standard InChI is InChI=1S/C15H26O2/c1-6-14(9-7-8-12(2)3)11-17-15(16)10-13(4)5/h8,10,14H,6-7,9,11H2,1-5H3. The van der Waals surface area contributed by atoms with E-state index in [1.54, 1.807) is 6.08 Å². The fourth-order valence-electron chi connectivity index (χ4n) is 1.49. The van der Waals surface area contributed by atoms with Crippen LogP contribution in [0.15, 0.2) is 23.3 Å². The molecule has 0 aromatic heterocycles. The van der Waals surface area contributed by atoms with Crippen molar-refractivity contribution in [3.05, 3.63) is 23.3 Å². The van der Waals surface area contributed by atoms with Crippen LogP contribution in [-0.4, -0.2) is 12.6 Å². The largest absolute Gasteiger partial charge is 0.462 e. The maximum absolute atomic E-state index is 11.3. The minimum Gasteiger partial charge on any atom is -0.462 e. The SMILES string of the molecule is CCC(CCC=C(C)C)COC(=O)C=C(C)C. The molecule has 17 heavy (non-hydrogen) atoms. The predicted octanol–water partition coefficient (Wildman–Crippen LogP) is 4.27. The second kappa shape index (κ2) is 9.03. The lowest BCUT2D eigenvalue weighted by Gasteiger charge is -2.13. The fraction of sp³-hybridized carbons (Fsp3) is 0.667. The van der Waals surface area contributed by atoms with E-state index >= 15 is 0 Å². The van der Waals surface area contributed by atoms with E-state index in [0.717, 1.165) is 24.8 Å². The normalized spacial score (nSPS) is 11.6. The Hall–Kier alpha value is -1.05. The second-order valence-corrected chi connectivity index (χ2v) is 4.98. The Bertz CT molecular complexity index is 279. The minimum absolute atomic E-state index is 0.217. The summed E-state index contributed by atoms with van der Waals surface area (Å²) in [7, 11) is 0. The van der Waals surface area contributed by atoms with Crippen LogP contribution >= 0.6 is 0 Å². The lowest BCUT2D eigenvalue weighted by molar-refractivity contribution is -0.139. The van der Waals surface area contributed by atoms with Crippen molar-refractivity contribution >= 4 is 5.97 Å². The molecule has 0 aromatic carbocycles. The third kappa shape index (κ3) is 9.86. The van der Waals surface area contributed by atoms with E-state index in [1.165, 1.54) is 5.57 Å². The van der Waals surface area contributed by atoms with Gasteiger partial charge in [-0.05, 0) is 46.5 Å². The van der Waals surface area contributed by atoms with Crippen LogP contribution in [0.1, 0.15) is 53.9 Å². The van der Waals surface area contributed by atoms with Gasteiger partial charge in [0.25, 0.3) is 0 Å². The molecule has 98 valence electrons. The summed E-state index contributed by atoms with van der Waals surface area (Å²) in [5, 5.41) is 0. The lowest BCUT2D eigenvalue weighted by atomic mass is 10.0. The van der Waals surface area contributed by atoms with Gasteiger partial charge in [-0.1, -0.05) is 30.6 Å². The van der Waals surface area contributed by atoms with Gasteiger partial charge in [0.2, 0.25) is 0 Å². The molecule has 0 saturated carbocycles. The molecular formula is C15H26O2. The van der Waals surface area contributed by atoms with Crippen LogP contribution < -0.4 is 0 Å². The summed E-state index contributed by atoms with van der Waals surface area (Å²) in [4.78, 5) is 11.3. The summed E-state index contributed by atoms with van der Waals surface area (Å²) in [6.07, 6.45) is 6.99. The van der Waals surface area contributed by atoms with E-state index in [2.05, 4.69) is 26.8 Å². The highest BCUT2D eigenvalue weighted by atomic mass is 16.5. The molecule has 0 aliphatic rings. The van der Waals surface area contributed by atoms with Crippen LogP contribution in [0.25, 0.3) is 0 Å². The van der Waals surface area contributed by atoms with E-state index in [1.807, 2.05) is 13.8 Å². The molecule has 0 fully saturated rings. The Labute approximate surface area is 106 Å². The van der Waals surface area contributed by atoms with Crippen LogP contribution in [0.2, 0.25) is 0 Å². The molecule has 0 heterocycles. The first kappa shape index (κ1) is 16.0. The molecule has 0 saturated heterocycles. The van der Waals surface area contributed by atoms with Crippen molar-refractivity contribution in [3.8, 4) is 0 Å². The average Bonchev–Trinajstić information content (AvgIpc) is 2.21. The van der Waals surface area contributed by atoms with Crippen molar-refractivity contribution in [3.63, 3.8) is 0 Å². The molecule has 2 heteroatoms. The van der Waals surface area contributed by atoms with Crippen LogP contribution in [-0.2, 0) is 9.53 Å². The Balaban J connectivity index is 3.94. The van der Waals surface area contributed by atoms with Crippen molar-refractivity contribution in [1.29, 1.82) is 0 Å². The Morgan fingerprint density at radius 1 is 1.18 bits per heavy atom. The number of carbonyl (C=O) groups excluding carboxylic acids is 1. The molecule has 0 rings (SSSR count). The van der Waals surface area contributed by atoms with Gasteiger partial charge in [-0.15, -0.1) is 0 Å². The summed E-state index contributed by atoms with van der Waals surface area (Å²) < 4.78 is 5.23. The van der Waals surface area contributed by atoms with E-state index < -0.39 is 0 Å². The third-order valence-electron chi connectivity index (χ3n) is 2.57. The number of carbonyl (C=O) groups is 1. The van der Waals surface area contributed by atoms with Crippen molar-refractivity contribution < 1.29 is 9.53 Å². The first-order chi connectivity index (χ1) is 7.95. The summed E-state index contributed by atoms with van der Waals surface area (Å²) >= 11 is 0. The monoisotopic (exact) mass is 238 g/mol. The van der Waals surface area contributed by atoms with E-state index in [4.69, 9.17) is 4.74 Å². The van der Waals surface area contributed by atoms with Gasteiger partial charge < -0.3 is 4.74 Å². The molecule has 0 bridgehead atoms. The number of esters is 1. The van der Waals surface area contributed by atoms with E-state index in [-0.39, 0.29) is 5.97 Å². The highest BCUT2D eigenvalue weighted by Gasteiger charge is 2.08. The first-order valence-corrected chi connectivity index (χ1v) is 6.40. The summed E-state index contributed by atoms with van der Waals surface area (Å²) in [5.41, 5.74) is 2.33. The average molecular weight is 238 g/mol. The smallest absolute Gasteiger partial charge is 0.330 e. The molecule has 0 amide bonds. The predicted molar refractivity (Wildman–Crippen MR) is 72.8 cm³/mol. The Morgan fingerprint density at radius 3 is 2.29 bits per heavy atom. The minimum atomic E-state index is -0.217. The van der Waals surface area contributed by atoms with Crippen LogP contribution in [0.5, 0.6) is 0 Å². The zero-order valence-corrected chi connectivity index (χ0v) is 11.9. The number of rotatable bonds is 7. The van der Waals surface area contributed by atoms with E-state index in [0.29, 0.717) is 12.5 Å². The molecule has 0 spiro atoms. The molecule has 0 aromatic rings. The van der Waals surface area contributed by atoms with Crippen molar-refractivity contribution in [1.82, 2.24) is 0 Å². The van der Waals surface area contributed by atoms with Gasteiger partial charge in [-0.2, -0.15) is 0 Å². The van der Waals surface area contributed by atoms with Crippen LogP contribution in [0.3, 0.4) is 0 Å². The molecule has 2 nitrogen and oxygen atoms in total. The van der Waals surface area contributed by atoms with Crippen LogP contribution in [0.4, 0.5) is 0 Å². The number of ether oxygens (including phenoxy) is 1. The van der Waals surface area contributed by atoms with Gasteiger partial charge in [0.1, 0.15) is 0 Å². The molecular weight excluding hydrogens is 212 g/mol. The number of allylic oxidation sites excluding steroid dienone is 3. The quantitative estimate of drug-likeness (QED) is 0.376. The highest BCUT2D eigenvalue weighted by molar-refractivity contribution is 5.82. The van der Waals surface area contributed by atoms with Crippen molar-refractivity contribution in [2.45, 2.75) is 53.9 Å². The maximum Gasteiger partial charge on any atom is 0.330 e. The zero-order valence-electron chi connectivity index (χ0n) is 11.9. The lowest BCUT2D eigenvalue weighted by Crippen LogP contribution is -2.12. The first-order valence-electron chi connectivity index (χ1n) is 6.40. The maximum atomic E-state index is 11.3. The fourth-order valence-corrected chi connectivity index (χ4v) is 1.49. The molecule has 1 atom stereocenters. The molecule has 0 radical (unpaired) electrons. The van der Waals surface area contributed by atoms with Crippen LogP contribution in [0, 0.1) is 5.92 Å². The Morgan fingerprint density at radius 2 is 1.82 bits per heavy atom. The van der Waals surface area contributed by atoms with Crippen molar-refractivity contribution in [2.75, 3.05) is 6.61 Å². The third-order valence-corrected chi connectivity index (χ3v) is 2.57. The topological polar surface area (TPSA) is 26.3 Å². The summed E-state index contributed by atoms with van der Waals surface area (Å²) in [6.45, 7) is 10.7. The van der Waals surface area contributed by atoms with Gasteiger partial charge in [0.05, 0.1) is 6.61 Å². The van der Waals surface area contributed by atoms with Gasteiger partial charge in [-0.25, -0.2) is 4.79 Å². The van der Waals surface area contributed by atoms with Gasteiger partial charge in [0, 0.05) is 6.08 Å². The summed E-state index contributed by atoms with van der Waals surface area (Å²) in [6, 6.07) is 0. The van der Waals surface area contributed by atoms with Gasteiger partial charge in [-0.3, -0.25) is 0 Å². The molecule has 0 N–H and O–H groups in total. The number of hydrogen-bond acceptors (Lipinski definition) is 2. The van der Waals surface area contributed by atoms with Gasteiger partial charge in [0.15, 0.2) is 0 Å². The second-order valence-electron chi connectivity index (χ2n) is 4.98. The Kier molecular flexibility index (Phi) is 8.47. The summed E-state index contributed by atoms with van der Waals surface area (Å²) in [5.74, 6) is 0.255. The highest BCUT2D eigenvalue weighted by Crippen LogP contribution is 2.13. The van der Waals surface area contributed by atoms with E-state index in [9.17, 15) is 4.79 Å². The molecule has 0 aliphatic carbocycles. The molecule has 0 aliphatic heterocycles. The number of hydrogen-bond donors (Lipinski definition) is 0.